The lowest BCUT2D eigenvalue weighted by Crippen LogP contribution is -2.44. The van der Waals surface area contributed by atoms with Crippen LogP contribution in [0, 0.1) is 16.7 Å². The molecular formula is C17H27NO3. The van der Waals surface area contributed by atoms with Crippen LogP contribution in [0.4, 0.5) is 0 Å². The van der Waals surface area contributed by atoms with Crippen LogP contribution < -0.4 is 5.32 Å². The molecule has 2 bridgehead atoms. The molecule has 2 aliphatic rings. The first-order valence-corrected chi connectivity index (χ1v) is 7.76. The summed E-state index contributed by atoms with van der Waals surface area (Å²) in [5.41, 5.74) is 0.649. The number of esters is 1. The Balaban J connectivity index is 1.98. The third-order valence-corrected chi connectivity index (χ3v) is 6.06. The van der Waals surface area contributed by atoms with Crippen molar-refractivity contribution in [1.82, 2.24) is 5.32 Å². The maximum atomic E-state index is 12.2. The van der Waals surface area contributed by atoms with Gasteiger partial charge in [-0.2, -0.15) is 0 Å². The van der Waals surface area contributed by atoms with Crippen LogP contribution >= 0.6 is 0 Å². The third kappa shape index (κ3) is 2.49. The van der Waals surface area contributed by atoms with Crippen LogP contribution in [0.1, 0.15) is 53.9 Å². The number of carbonyl (C=O) groups is 2. The molecule has 2 rings (SSSR count). The minimum Gasteiger partial charge on any atom is -0.460 e. The maximum absolute atomic E-state index is 12.2. The van der Waals surface area contributed by atoms with Crippen molar-refractivity contribution in [1.29, 1.82) is 0 Å². The molecule has 4 atom stereocenters. The van der Waals surface area contributed by atoms with Gasteiger partial charge in [0.1, 0.15) is 12.1 Å². The summed E-state index contributed by atoms with van der Waals surface area (Å²) in [7, 11) is 0. The molecule has 0 heterocycles. The van der Waals surface area contributed by atoms with Crippen molar-refractivity contribution >= 4 is 11.9 Å². The molecule has 0 aromatic heterocycles. The lowest BCUT2D eigenvalue weighted by Gasteiger charge is -2.38. The molecule has 0 spiro atoms. The van der Waals surface area contributed by atoms with E-state index >= 15 is 0 Å². The summed E-state index contributed by atoms with van der Waals surface area (Å²) >= 11 is 0. The Morgan fingerprint density at radius 3 is 2.38 bits per heavy atom. The summed E-state index contributed by atoms with van der Waals surface area (Å²) < 4.78 is 5.74. The molecule has 4 nitrogen and oxygen atoms in total. The molecule has 0 aliphatic heterocycles. The first-order chi connectivity index (χ1) is 9.59. The molecular weight excluding hydrogens is 266 g/mol. The Bertz CT molecular complexity index is 482. The van der Waals surface area contributed by atoms with Gasteiger partial charge in [0.05, 0.1) is 0 Å². The van der Waals surface area contributed by atoms with Gasteiger partial charge < -0.3 is 10.1 Å². The van der Waals surface area contributed by atoms with Crippen molar-refractivity contribution in [2.45, 2.75) is 66.0 Å². The van der Waals surface area contributed by atoms with Gasteiger partial charge in [-0.05, 0) is 44.4 Å². The second-order valence-electron chi connectivity index (χ2n) is 7.51. The second kappa shape index (κ2) is 5.15. The Morgan fingerprint density at radius 2 is 1.95 bits per heavy atom. The van der Waals surface area contributed by atoms with Gasteiger partial charge in [-0.15, -0.1) is 0 Å². The van der Waals surface area contributed by atoms with Crippen molar-refractivity contribution < 1.29 is 14.3 Å². The van der Waals surface area contributed by atoms with E-state index in [-0.39, 0.29) is 28.8 Å². The Morgan fingerprint density at radius 1 is 1.33 bits per heavy atom. The van der Waals surface area contributed by atoms with E-state index in [4.69, 9.17) is 4.74 Å². The maximum Gasteiger partial charge on any atom is 0.328 e. The predicted octanol–water partition coefficient (Wildman–Crippen LogP) is 2.83. The zero-order chi connectivity index (χ0) is 16.0. The summed E-state index contributed by atoms with van der Waals surface area (Å²) in [5.74, 6) is -0.0290. The summed E-state index contributed by atoms with van der Waals surface area (Å²) in [6.45, 7) is 13.6. The van der Waals surface area contributed by atoms with E-state index in [1.165, 1.54) is 6.42 Å². The first kappa shape index (κ1) is 16.1. The van der Waals surface area contributed by atoms with Gasteiger partial charge in [0.2, 0.25) is 5.91 Å². The fraction of sp³-hybridized carbons (Fsp3) is 0.765. The molecule has 21 heavy (non-hydrogen) atoms. The van der Waals surface area contributed by atoms with E-state index in [0.29, 0.717) is 11.5 Å². The predicted molar refractivity (Wildman–Crippen MR) is 81.5 cm³/mol. The van der Waals surface area contributed by atoms with Crippen molar-refractivity contribution in [3.05, 3.63) is 12.2 Å². The fourth-order valence-electron chi connectivity index (χ4n) is 3.93. The zero-order valence-corrected chi connectivity index (χ0v) is 13.8. The quantitative estimate of drug-likeness (QED) is 0.640. The molecule has 2 fully saturated rings. The lowest BCUT2D eigenvalue weighted by atomic mass is 9.70. The molecule has 2 saturated carbocycles. The van der Waals surface area contributed by atoms with Crippen LogP contribution in [-0.4, -0.2) is 24.0 Å². The van der Waals surface area contributed by atoms with Gasteiger partial charge in [0.25, 0.3) is 0 Å². The zero-order valence-electron chi connectivity index (χ0n) is 13.8. The number of rotatable bonds is 4. The van der Waals surface area contributed by atoms with Gasteiger partial charge in [-0.3, -0.25) is 4.79 Å². The minimum atomic E-state index is -0.639. The largest absolute Gasteiger partial charge is 0.460 e. The van der Waals surface area contributed by atoms with Crippen LogP contribution in [0.3, 0.4) is 0 Å². The summed E-state index contributed by atoms with van der Waals surface area (Å²) in [6.07, 6.45) is 3.23. The van der Waals surface area contributed by atoms with E-state index in [2.05, 4.69) is 32.7 Å². The van der Waals surface area contributed by atoms with Gasteiger partial charge in [-0.1, -0.05) is 27.4 Å². The lowest BCUT2D eigenvalue weighted by molar-refractivity contribution is -0.159. The van der Waals surface area contributed by atoms with E-state index in [9.17, 15) is 9.59 Å². The van der Waals surface area contributed by atoms with E-state index in [1.54, 1.807) is 13.8 Å². The topological polar surface area (TPSA) is 55.4 Å². The van der Waals surface area contributed by atoms with Crippen molar-refractivity contribution in [3.8, 4) is 0 Å². The number of nitrogens with one attached hydrogen (secondary N) is 1. The summed E-state index contributed by atoms with van der Waals surface area (Å²) in [5, 5.41) is 2.62. The molecule has 0 radical (unpaired) electrons. The summed E-state index contributed by atoms with van der Waals surface area (Å²) in [4.78, 5) is 23.8. The minimum absolute atomic E-state index is 0.0390. The van der Waals surface area contributed by atoms with Gasteiger partial charge >= 0.3 is 5.97 Å². The van der Waals surface area contributed by atoms with Crippen LogP contribution in [0.5, 0.6) is 0 Å². The van der Waals surface area contributed by atoms with E-state index in [1.807, 2.05) is 0 Å². The van der Waals surface area contributed by atoms with E-state index < -0.39 is 6.04 Å². The Labute approximate surface area is 127 Å². The number of hydrogen-bond acceptors (Lipinski definition) is 3. The molecule has 2 aliphatic carbocycles. The molecule has 1 N–H and O–H groups in total. The molecule has 4 heteroatoms. The number of hydrogen-bond donors (Lipinski definition) is 1. The highest BCUT2D eigenvalue weighted by molar-refractivity contribution is 5.94. The number of ether oxygens (including phenoxy) is 1. The average Bonchev–Trinajstić information content (AvgIpc) is 2.71. The van der Waals surface area contributed by atoms with Crippen molar-refractivity contribution in [3.63, 3.8) is 0 Å². The average molecular weight is 293 g/mol. The van der Waals surface area contributed by atoms with Crippen LogP contribution in [0.15, 0.2) is 12.2 Å². The monoisotopic (exact) mass is 293 g/mol. The van der Waals surface area contributed by atoms with Gasteiger partial charge in [0, 0.05) is 11.0 Å². The van der Waals surface area contributed by atoms with Gasteiger partial charge in [-0.25, -0.2) is 4.79 Å². The van der Waals surface area contributed by atoms with E-state index in [0.717, 1.165) is 12.8 Å². The van der Waals surface area contributed by atoms with Crippen molar-refractivity contribution in [2.75, 3.05) is 0 Å². The number of carbonyl (C=O) groups excluding carboxylic acids is 2. The molecule has 0 aromatic rings. The SMILES string of the molecule is C=C(C)C(=O)N[C@@H](C)C(=O)OC1CC2CCC1(C)C2(C)C. The highest BCUT2D eigenvalue weighted by atomic mass is 16.5. The Kier molecular flexibility index (Phi) is 3.94. The smallest absolute Gasteiger partial charge is 0.328 e. The molecule has 1 amide bonds. The van der Waals surface area contributed by atoms with Crippen LogP contribution in [0.25, 0.3) is 0 Å². The molecule has 0 aromatic carbocycles. The normalized spacial score (nSPS) is 34.3. The van der Waals surface area contributed by atoms with Crippen LogP contribution in [0.2, 0.25) is 0 Å². The van der Waals surface area contributed by atoms with Crippen LogP contribution in [-0.2, 0) is 14.3 Å². The number of amides is 1. The molecule has 118 valence electrons. The summed E-state index contributed by atoms with van der Waals surface area (Å²) in [6, 6.07) is -0.639. The number of fused-ring (bicyclic) bond motifs is 2. The third-order valence-electron chi connectivity index (χ3n) is 6.06. The molecule has 3 unspecified atom stereocenters. The second-order valence-corrected chi connectivity index (χ2v) is 7.51. The highest BCUT2D eigenvalue weighted by Gasteiger charge is 2.62. The molecule has 0 saturated heterocycles. The van der Waals surface area contributed by atoms with Crippen molar-refractivity contribution in [2.24, 2.45) is 16.7 Å². The fourth-order valence-corrected chi connectivity index (χ4v) is 3.93. The highest BCUT2D eigenvalue weighted by Crippen LogP contribution is 2.66. The Hall–Kier alpha value is -1.32. The first-order valence-electron chi connectivity index (χ1n) is 7.76. The standard InChI is InChI=1S/C17H27NO3/c1-10(2)14(19)18-11(3)15(20)21-13-9-12-7-8-17(13,6)16(12,4)5/h11-13H,1,7-9H2,2-6H3,(H,18,19)/t11-,12?,13?,17?/m0/s1. The van der Waals surface area contributed by atoms with Gasteiger partial charge in [0.15, 0.2) is 0 Å².